The Hall–Kier alpha value is -2.11. The van der Waals surface area contributed by atoms with Crippen LogP contribution in [0.4, 0.5) is 14.9 Å². The third-order valence-electron chi connectivity index (χ3n) is 2.78. The van der Waals surface area contributed by atoms with Crippen molar-refractivity contribution in [2.45, 2.75) is 38.8 Å². The molecule has 0 aromatic heterocycles. The quantitative estimate of drug-likeness (QED) is 0.828. The van der Waals surface area contributed by atoms with Crippen molar-refractivity contribution in [3.63, 3.8) is 0 Å². The molecule has 6 heteroatoms. The number of hydrogen-bond acceptors (Lipinski definition) is 3. The summed E-state index contributed by atoms with van der Waals surface area (Å²) in [6.07, 6.45) is -0.435. The molecule has 2 rings (SSSR count). The van der Waals surface area contributed by atoms with Crippen molar-refractivity contribution in [2.75, 3.05) is 5.32 Å². The second-order valence-electron chi connectivity index (χ2n) is 5.67. The van der Waals surface area contributed by atoms with Crippen molar-refractivity contribution in [1.29, 1.82) is 0 Å². The molecule has 5 nitrogen and oxygen atoms in total. The highest BCUT2D eigenvalue weighted by Gasteiger charge is 2.30. The normalized spacial score (nSPS) is 18.0. The molecule has 0 saturated carbocycles. The fourth-order valence-corrected chi connectivity index (χ4v) is 1.97. The second kappa shape index (κ2) is 5.11. The van der Waals surface area contributed by atoms with Crippen LogP contribution in [0.1, 0.15) is 26.3 Å². The first-order valence-electron chi connectivity index (χ1n) is 6.34. The lowest BCUT2D eigenvalue weighted by molar-refractivity contribution is -0.118. The summed E-state index contributed by atoms with van der Waals surface area (Å²) in [4.78, 5) is 23.5. The predicted molar refractivity (Wildman–Crippen MR) is 71.9 cm³/mol. The van der Waals surface area contributed by atoms with E-state index in [0.717, 1.165) is 0 Å². The van der Waals surface area contributed by atoms with Gasteiger partial charge in [0.25, 0.3) is 0 Å². The van der Waals surface area contributed by atoms with Crippen LogP contribution in [0.5, 0.6) is 0 Å². The van der Waals surface area contributed by atoms with Gasteiger partial charge in [-0.1, -0.05) is 12.1 Å². The minimum Gasteiger partial charge on any atom is -0.444 e. The Morgan fingerprint density at radius 1 is 1.45 bits per heavy atom. The number of halogens is 1. The highest BCUT2D eigenvalue weighted by molar-refractivity contribution is 5.99. The maximum atomic E-state index is 13.5. The van der Waals surface area contributed by atoms with Crippen molar-refractivity contribution in [2.24, 2.45) is 0 Å². The summed E-state index contributed by atoms with van der Waals surface area (Å²) in [6, 6.07) is 3.79. The van der Waals surface area contributed by atoms with Crippen molar-refractivity contribution in [3.05, 3.63) is 29.6 Å². The number of hydrogen-bond donors (Lipinski definition) is 2. The standard InChI is InChI=1S/C14H17FN2O3/c1-14(2,3)20-13(19)16-10-7-8-5-4-6-9(15)11(8)17-12(10)18/h4-6,10H,7H2,1-3H3,(H,16,19)(H,17,18). The molecule has 2 amide bonds. The summed E-state index contributed by atoms with van der Waals surface area (Å²) in [6.45, 7) is 5.20. The van der Waals surface area contributed by atoms with Gasteiger partial charge in [0.2, 0.25) is 5.91 Å². The maximum absolute atomic E-state index is 13.5. The lowest BCUT2D eigenvalue weighted by atomic mass is 9.99. The van der Waals surface area contributed by atoms with Crippen LogP contribution in [0.2, 0.25) is 0 Å². The van der Waals surface area contributed by atoms with E-state index in [1.165, 1.54) is 6.07 Å². The van der Waals surface area contributed by atoms with Gasteiger partial charge in [0.1, 0.15) is 17.5 Å². The molecule has 1 aliphatic heterocycles. The van der Waals surface area contributed by atoms with Crippen LogP contribution in [0.15, 0.2) is 18.2 Å². The Morgan fingerprint density at radius 3 is 2.80 bits per heavy atom. The molecule has 0 fully saturated rings. The van der Waals surface area contributed by atoms with Crippen LogP contribution >= 0.6 is 0 Å². The molecule has 0 bridgehead atoms. The molecule has 1 atom stereocenters. The largest absolute Gasteiger partial charge is 0.444 e. The van der Waals surface area contributed by atoms with Gasteiger partial charge < -0.3 is 15.4 Å². The Kier molecular flexibility index (Phi) is 3.65. The number of nitrogens with one attached hydrogen (secondary N) is 2. The molecule has 0 radical (unpaired) electrons. The number of carbonyl (C=O) groups is 2. The van der Waals surface area contributed by atoms with Crippen LogP contribution < -0.4 is 10.6 Å². The summed E-state index contributed by atoms with van der Waals surface area (Å²) in [5.74, 6) is -0.931. The van der Waals surface area contributed by atoms with Crippen molar-refractivity contribution >= 4 is 17.7 Å². The first kappa shape index (κ1) is 14.3. The minimum absolute atomic E-state index is 0.180. The zero-order valence-corrected chi connectivity index (χ0v) is 11.6. The van der Waals surface area contributed by atoms with E-state index in [2.05, 4.69) is 10.6 Å². The molecule has 1 aromatic carbocycles. The molecule has 1 unspecified atom stereocenters. The van der Waals surface area contributed by atoms with E-state index < -0.39 is 29.5 Å². The lowest BCUT2D eigenvalue weighted by Gasteiger charge is -2.27. The van der Waals surface area contributed by atoms with E-state index >= 15 is 0 Å². The van der Waals surface area contributed by atoms with E-state index in [4.69, 9.17) is 4.74 Å². The monoisotopic (exact) mass is 280 g/mol. The predicted octanol–water partition coefficient (Wildman–Crippen LogP) is 2.21. The smallest absolute Gasteiger partial charge is 0.408 e. The Labute approximate surface area is 116 Å². The van der Waals surface area contributed by atoms with E-state index in [1.807, 2.05) is 0 Å². The van der Waals surface area contributed by atoms with Gasteiger partial charge in [-0.25, -0.2) is 9.18 Å². The zero-order valence-electron chi connectivity index (χ0n) is 11.6. The topological polar surface area (TPSA) is 67.4 Å². The molecule has 20 heavy (non-hydrogen) atoms. The van der Waals surface area contributed by atoms with Crippen molar-refractivity contribution in [3.8, 4) is 0 Å². The molecule has 0 aliphatic carbocycles. The van der Waals surface area contributed by atoms with E-state index in [9.17, 15) is 14.0 Å². The summed E-state index contributed by atoms with van der Waals surface area (Å²) in [5, 5.41) is 4.95. The van der Waals surface area contributed by atoms with Gasteiger partial charge in [-0.15, -0.1) is 0 Å². The van der Waals surface area contributed by atoms with Gasteiger partial charge in [0.15, 0.2) is 0 Å². The number of carbonyl (C=O) groups excluding carboxylic acids is 2. The Bertz CT molecular complexity index is 552. The van der Waals surface area contributed by atoms with Crippen LogP contribution in [0.3, 0.4) is 0 Å². The number of alkyl carbamates (subject to hydrolysis) is 1. The molecular weight excluding hydrogens is 263 g/mol. The Morgan fingerprint density at radius 2 is 2.15 bits per heavy atom. The number of amides is 2. The van der Waals surface area contributed by atoms with E-state index in [-0.39, 0.29) is 12.1 Å². The highest BCUT2D eigenvalue weighted by atomic mass is 19.1. The third-order valence-corrected chi connectivity index (χ3v) is 2.78. The number of para-hydroxylation sites is 1. The first-order chi connectivity index (χ1) is 9.26. The van der Waals surface area contributed by atoms with Crippen LogP contribution in [0, 0.1) is 5.82 Å². The average Bonchev–Trinajstić information content (AvgIpc) is 2.29. The van der Waals surface area contributed by atoms with Crippen LogP contribution in [0.25, 0.3) is 0 Å². The minimum atomic E-state index is -0.765. The highest BCUT2D eigenvalue weighted by Crippen LogP contribution is 2.25. The van der Waals surface area contributed by atoms with Gasteiger partial charge in [-0.3, -0.25) is 4.79 Å². The van der Waals surface area contributed by atoms with Gasteiger partial charge in [-0.2, -0.15) is 0 Å². The molecule has 0 spiro atoms. The SMILES string of the molecule is CC(C)(C)OC(=O)NC1Cc2cccc(F)c2NC1=O. The number of ether oxygens (including phenoxy) is 1. The van der Waals surface area contributed by atoms with Gasteiger partial charge in [0.05, 0.1) is 5.69 Å². The number of benzene rings is 1. The van der Waals surface area contributed by atoms with Gasteiger partial charge >= 0.3 is 6.09 Å². The van der Waals surface area contributed by atoms with Crippen LogP contribution in [-0.2, 0) is 16.0 Å². The fraction of sp³-hybridized carbons (Fsp3) is 0.429. The molecule has 1 heterocycles. The van der Waals surface area contributed by atoms with Crippen molar-refractivity contribution in [1.82, 2.24) is 5.32 Å². The molecule has 108 valence electrons. The van der Waals surface area contributed by atoms with Gasteiger partial charge in [0, 0.05) is 6.42 Å². The van der Waals surface area contributed by atoms with Gasteiger partial charge in [-0.05, 0) is 32.4 Å². The maximum Gasteiger partial charge on any atom is 0.408 e. The molecule has 2 N–H and O–H groups in total. The van der Waals surface area contributed by atoms with Crippen molar-refractivity contribution < 1.29 is 18.7 Å². The fourth-order valence-electron chi connectivity index (χ4n) is 1.97. The van der Waals surface area contributed by atoms with Crippen LogP contribution in [-0.4, -0.2) is 23.6 Å². The number of rotatable bonds is 1. The second-order valence-corrected chi connectivity index (χ2v) is 5.67. The molecular formula is C14H17FN2O3. The molecule has 0 saturated heterocycles. The number of anilines is 1. The van der Waals surface area contributed by atoms with E-state index in [1.54, 1.807) is 32.9 Å². The summed E-state index contributed by atoms with van der Waals surface area (Å²) < 4.78 is 18.6. The summed E-state index contributed by atoms with van der Waals surface area (Å²) in [5.41, 5.74) is 0.185. The lowest BCUT2D eigenvalue weighted by Crippen LogP contribution is -2.49. The van der Waals surface area contributed by atoms with E-state index in [0.29, 0.717) is 5.56 Å². The summed E-state index contributed by atoms with van der Waals surface area (Å²) >= 11 is 0. The number of fused-ring (bicyclic) bond motifs is 1. The molecule has 1 aliphatic rings. The Balaban J connectivity index is 2.09. The molecule has 1 aromatic rings. The third kappa shape index (κ3) is 3.26. The average molecular weight is 280 g/mol. The summed E-state index contributed by atoms with van der Waals surface area (Å²) in [7, 11) is 0. The zero-order chi connectivity index (χ0) is 14.9. The first-order valence-corrected chi connectivity index (χ1v) is 6.34.